The number of thiophene rings is 1. The highest BCUT2D eigenvalue weighted by molar-refractivity contribution is 7.09. The molecule has 0 aliphatic carbocycles. The van der Waals surface area contributed by atoms with Gasteiger partial charge < -0.3 is 10.2 Å². The molecule has 0 saturated heterocycles. The Labute approximate surface area is 132 Å². The molecule has 2 rings (SSSR count). The molecule has 0 unspecified atom stereocenters. The van der Waals surface area contributed by atoms with Gasteiger partial charge in [0, 0.05) is 29.7 Å². The van der Waals surface area contributed by atoms with Crippen molar-refractivity contribution < 1.29 is 0 Å². The first-order valence-electron chi connectivity index (χ1n) is 7.70. The molecule has 1 aromatic carbocycles. The van der Waals surface area contributed by atoms with Crippen LogP contribution in [0.25, 0.3) is 0 Å². The number of hydrogen-bond donors (Lipinski definition) is 1. The molecule has 0 radical (unpaired) electrons. The quantitative estimate of drug-likeness (QED) is 0.805. The second-order valence-corrected chi connectivity index (χ2v) is 6.78. The predicted octanol–water partition coefficient (Wildman–Crippen LogP) is 4.58. The molecular weight excluding hydrogens is 276 g/mol. The van der Waals surface area contributed by atoms with Crippen molar-refractivity contribution in [3.05, 3.63) is 51.7 Å². The van der Waals surface area contributed by atoms with E-state index in [2.05, 4.69) is 73.6 Å². The molecular formula is C18H26N2S. The minimum Gasteiger partial charge on any atom is -0.366 e. The van der Waals surface area contributed by atoms with Gasteiger partial charge >= 0.3 is 0 Å². The van der Waals surface area contributed by atoms with Crippen LogP contribution in [0.4, 0.5) is 5.69 Å². The van der Waals surface area contributed by atoms with Crippen molar-refractivity contribution in [2.75, 3.05) is 11.4 Å². The van der Waals surface area contributed by atoms with Crippen LogP contribution in [-0.4, -0.2) is 12.6 Å². The summed E-state index contributed by atoms with van der Waals surface area (Å²) in [6.45, 7) is 11.8. The number of hydrogen-bond acceptors (Lipinski definition) is 3. The van der Waals surface area contributed by atoms with Gasteiger partial charge in [-0.2, -0.15) is 0 Å². The van der Waals surface area contributed by atoms with Crippen LogP contribution in [0, 0.1) is 6.92 Å². The first-order chi connectivity index (χ1) is 10.1. The van der Waals surface area contributed by atoms with E-state index < -0.39 is 0 Å². The Morgan fingerprint density at radius 2 is 2.05 bits per heavy atom. The van der Waals surface area contributed by atoms with Crippen LogP contribution < -0.4 is 10.2 Å². The largest absolute Gasteiger partial charge is 0.366 e. The lowest BCUT2D eigenvalue weighted by molar-refractivity contribution is 0.588. The summed E-state index contributed by atoms with van der Waals surface area (Å²) in [6.07, 6.45) is 0. The third-order valence-corrected chi connectivity index (χ3v) is 4.49. The van der Waals surface area contributed by atoms with Gasteiger partial charge in [0.25, 0.3) is 0 Å². The highest BCUT2D eigenvalue weighted by Crippen LogP contribution is 2.24. The Kier molecular flexibility index (Phi) is 5.83. The molecule has 114 valence electrons. The average Bonchev–Trinajstić information content (AvgIpc) is 2.96. The molecule has 0 spiro atoms. The molecule has 0 saturated carbocycles. The fraction of sp³-hybridized carbons (Fsp3) is 0.444. The summed E-state index contributed by atoms with van der Waals surface area (Å²) in [5.74, 6) is 0. The van der Waals surface area contributed by atoms with Crippen molar-refractivity contribution in [3.8, 4) is 0 Å². The molecule has 0 bridgehead atoms. The van der Waals surface area contributed by atoms with Gasteiger partial charge in [0.15, 0.2) is 0 Å². The maximum atomic E-state index is 3.48. The van der Waals surface area contributed by atoms with E-state index >= 15 is 0 Å². The number of rotatable bonds is 7. The van der Waals surface area contributed by atoms with Gasteiger partial charge in [-0.1, -0.05) is 32.0 Å². The zero-order chi connectivity index (χ0) is 15.2. The fourth-order valence-electron chi connectivity index (χ4n) is 2.46. The molecule has 21 heavy (non-hydrogen) atoms. The van der Waals surface area contributed by atoms with E-state index in [9.17, 15) is 0 Å². The Hall–Kier alpha value is -1.32. The van der Waals surface area contributed by atoms with E-state index in [0.29, 0.717) is 6.04 Å². The van der Waals surface area contributed by atoms with Gasteiger partial charge in [0.1, 0.15) is 0 Å². The van der Waals surface area contributed by atoms with Crippen LogP contribution in [0.3, 0.4) is 0 Å². The minimum atomic E-state index is 0.524. The molecule has 1 aromatic heterocycles. The number of benzene rings is 1. The van der Waals surface area contributed by atoms with Gasteiger partial charge in [-0.05, 0) is 42.5 Å². The first-order valence-corrected chi connectivity index (χ1v) is 8.58. The second-order valence-electron chi connectivity index (χ2n) is 5.75. The lowest BCUT2D eigenvalue weighted by Gasteiger charge is -2.25. The lowest BCUT2D eigenvalue weighted by Crippen LogP contribution is -2.23. The zero-order valence-electron chi connectivity index (χ0n) is 13.5. The topological polar surface area (TPSA) is 15.3 Å². The Morgan fingerprint density at radius 3 is 2.62 bits per heavy atom. The van der Waals surface area contributed by atoms with Crippen LogP contribution >= 0.6 is 11.3 Å². The van der Waals surface area contributed by atoms with E-state index in [1.54, 1.807) is 0 Å². The smallest absolute Gasteiger partial charge is 0.0522 e. The van der Waals surface area contributed by atoms with E-state index in [4.69, 9.17) is 0 Å². The van der Waals surface area contributed by atoms with Crippen LogP contribution in [0.5, 0.6) is 0 Å². The predicted molar refractivity (Wildman–Crippen MR) is 94.2 cm³/mol. The standard InChI is InChI=1S/C18H26N2S/c1-5-20(13-17-7-6-10-21-17)18-9-8-16(11-15(18)4)12-19-14(2)3/h6-11,14,19H,5,12-13H2,1-4H3. The molecule has 3 heteroatoms. The molecule has 2 aromatic rings. The molecule has 0 atom stereocenters. The van der Waals surface area contributed by atoms with Crippen molar-refractivity contribution in [2.45, 2.75) is 46.8 Å². The van der Waals surface area contributed by atoms with Crippen LogP contribution in [0.15, 0.2) is 35.7 Å². The van der Waals surface area contributed by atoms with E-state index in [-0.39, 0.29) is 0 Å². The molecule has 1 heterocycles. The Bertz CT molecular complexity index is 546. The number of nitrogens with one attached hydrogen (secondary N) is 1. The van der Waals surface area contributed by atoms with Gasteiger partial charge in [-0.3, -0.25) is 0 Å². The Morgan fingerprint density at radius 1 is 1.24 bits per heavy atom. The van der Waals surface area contributed by atoms with E-state index in [1.807, 2.05) is 11.3 Å². The summed E-state index contributed by atoms with van der Waals surface area (Å²) in [6, 6.07) is 11.7. The summed E-state index contributed by atoms with van der Waals surface area (Å²) < 4.78 is 0. The van der Waals surface area contributed by atoms with Gasteiger partial charge in [0.05, 0.1) is 6.54 Å². The molecule has 0 amide bonds. The molecule has 0 aliphatic rings. The van der Waals surface area contributed by atoms with Crippen LogP contribution in [0.1, 0.15) is 36.8 Å². The monoisotopic (exact) mass is 302 g/mol. The third kappa shape index (κ3) is 4.58. The normalized spacial score (nSPS) is 11.1. The van der Waals surface area contributed by atoms with Crippen LogP contribution in [0.2, 0.25) is 0 Å². The number of aryl methyl sites for hydroxylation is 1. The summed E-state index contributed by atoms with van der Waals surface area (Å²) in [7, 11) is 0. The lowest BCUT2D eigenvalue weighted by atomic mass is 10.1. The van der Waals surface area contributed by atoms with E-state index in [1.165, 1.54) is 21.7 Å². The van der Waals surface area contributed by atoms with Crippen LogP contribution in [-0.2, 0) is 13.1 Å². The Balaban J connectivity index is 2.10. The van der Waals surface area contributed by atoms with Crippen molar-refractivity contribution in [2.24, 2.45) is 0 Å². The zero-order valence-corrected chi connectivity index (χ0v) is 14.3. The molecule has 1 N–H and O–H groups in total. The van der Waals surface area contributed by atoms with Gasteiger partial charge in [-0.15, -0.1) is 11.3 Å². The first kappa shape index (κ1) is 16.1. The van der Waals surface area contributed by atoms with Gasteiger partial charge in [0.2, 0.25) is 0 Å². The third-order valence-electron chi connectivity index (χ3n) is 3.62. The number of anilines is 1. The maximum absolute atomic E-state index is 3.48. The SMILES string of the molecule is CCN(Cc1cccs1)c1ccc(CNC(C)C)cc1C. The van der Waals surface area contributed by atoms with Crippen molar-refractivity contribution in [1.82, 2.24) is 5.32 Å². The molecule has 0 fully saturated rings. The second kappa shape index (κ2) is 7.62. The highest BCUT2D eigenvalue weighted by atomic mass is 32.1. The number of nitrogens with zero attached hydrogens (tertiary/aromatic N) is 1. The molecule has 0 aliphatic heterocycles. The molecule has 2 nitrogen and oxygen atoms in total. The average molecular weight is 302 g/mol. The fourth-order valence-corrected chi connectivity index (χ4v) is 3.18. The summed E-state index contributed by atoms with van der Waals surface area (Å²) in [5.41, 5.74) is 4.06. The van der Waals surface area contributed by atoms with Crippen molar-refractivity contribution in [1.29, 1.82) is 0 Å². The minimum absolute atomic E-state index is 0.524. The van der Waals surface area contributed by atoms with Crippen molar-refractivity contribution >= 4 is 17.0 Å². The maximum Gasteiger partial charge on any atom is 0.0522 e. The van der Waals surface area contributed by atoms with Gasteiger partial charge in [-0.25, -0.2) is 0 Å². The highest BCUT2D eigenvalue weighted by Gasteiger charge is 2.09. The van der Waals surface area contributed by atoms with Crippen molar-refractivity contribution in [3.63, 3.8) is 0 Å². The summed E-state index contributed by atoms with van der Waals surface area (Å²) >= 11 is 1.83. The van der Waals surface area contributed by atoms with E-state index in [0.717, 1.165) is 19.6 Å². The summed E-state index contributed by atoms with van der Waals surface area (Å²) in [5, 5.41) is 5.63. The summed E-state index contributed by atoms with van der Waals surface area (Å²) in [4.78, 5) is 3.86.